The topological polar surface area (TPSA) is 73.1 Å². The summed E-state index contributed by atoms with van der Waals surface area (Å²) in [6.45, 7) is 4.41. The highest BCUT2D eigenvalue weighted by Gasteiger charge is 2.33. The minimum Gasteiger partial charge on any atom is -0.480 e. The van der Waals surface area contributed by atoms with Crippen LogP contribution < -0.4 is 5.32 Å². The third-order valence-corrected chi connectivity index (χ3v) is 2.80. The monoisotopic (exact) mass is 212 g/mol. The highest BCUT2D eigenvalue weighted by atomic mass is 16.4. The van der Waals surface area contributed by atoms with Crippen LogP contribution in [0.15, 0.2) is 0 Å². The average Bonchev–Trinajstić information content (AvgIpc) is 2.23. The molecule has 0 aromatic heterocycles. The highest BCUT2D eigenvalue weighted by molar-refractivity contribution is 5.78. The second-order valence-corrected chi connectivity index (χ2v) is 3.64. The quantitative estimate of drug-likeness (QED) is 0.603. The number of carboxylic acids is 1. The second-order valence-electron chi connectivity index (χ2n) is 3.64. The summed E-state index contributed by atoms with van der Waals surface area (Å²) in [5.41, 5.74) is -0.785. The number of unbranched alkanes of at least 4 members (excludes halogenated alkanes) is 2. The molecule has 0 aliphatic heterocycles. The molecule has 0 saturated carbocycles. The van der Waals surface area contributed by atoms with Gasteiger partial charge in [-0.15, -0.1) is 0 Å². The van der Waals surface area contributed by atoms with Gasteiger partial charge < -0.3 is 10.4 Å². The van der Waals surface area contributed by atoms with Crippen LogP contribution in [-0.4, -0.2) is 23.2 Å². The molecule has 4 nitrogen and oxygen atoms in total. The van der Waals surface area contributed by atoms with E-state index in [1.54, 1.807) is 0 Å². The molecule has 0 unspecified atom stereocenters. The molecule has 0 atom stereocenters. The van der Waals surface area contributed by atoms with Gasteiger partial charge in [0.1, 0.15) is 5.54 Å². The van der Waals surface area contributed by atoms with Gasteiger partial charge >= 0.3 is 5.97 Å². The number of hydrogen-bond acceptors (Lipinski definition) is 3. The number of hydrogen-bond donors (Lipinski definition) is 2. The molecule has 0 aromatic rings. The lowest BCUT2D eigenvalue weighted by Gasteiger charge is -2.28. The summed E-state index contributed by atoms with van der Waals surface area (Å²) in [4.78, 5) is 11.1. The fourth-order valence-electron chi connectivity index (χ4n) is 1.53. The first-order chi connectivity index (χ1) is 7.13. The van der Waals surface area contributed by atoms with Crippen LogP contribution in [0, 0.1) is 11.3 Å². The van der Waals surface area contributed by atoms with Crippen LogP contribution in [0.3, 0.4) is 0 Å². The smallest absolute Gasteiger partial charge is 0.323 e. The molecule has 2 N–H and O–H groups in total. The fourth-order valence-corrected chi connectivity index (χ4v) is 1.53. The molecule has 0 spiro atoms. The van der Waals surface area contributed by atoms with E-state index in [9.17, 15) is 4.79 Å². The predicted octanol–water partition coefficient (Wildman–Crippen LogP) is 1.91. The van der Waals surface area contributed by atoms with E-state index >= 15 is 0 Å². The van der Waals surface area contributed by atoms with E-state index in [-0.39, 0.29) is 0 Å². The van der Waals surface area contributed by atoms with Crippen molar-refractivity contribution in [3.63, 3.8) is 0 Å². The summed E-state index contributed by atoms with van der Waals surface area (Å²) in [6, 6.07) is 2.07. The van der Waals surface area contributed by atoms with Crippen LogP contribution in [0.2, 0.25) is 0 Å². The van der Waals surface area contributed by atoms with Crippen molar-refractivity contribution in [3.05, 3.63) is 0 Å². The van der Waals surface area contributed by atoms with E-state index in [2.05, 4.69) is 11.4 Å². The SMILES string of the molecule is CCC(CC)(NCCCCC#N)C(=O)O. The molecule has 0 aromatic carbocycles. The van der Waals surface area contributed by atoms with Crippen molar-refractivity contribution < 1.29 is 9.90 Å². The number of carboxylic acid groups (broad SMARTS) is 1. The average molecular weight is 212 g/mol. The number of carbonyl (C=O) groups is 1. The van der Waals surface area contributed by atoms with Gasteiger partial charge in [0.05, 0.1) is 6.07 Å². The van der Waals surface area contributed by atoms with Gasteiger partial charge in [0, 0.05) is 6.42 Å². The first-order valence-corrected chi connectivity index (χ1v) is 5.48. The van der Waals surface area contributed by atoms with E-state index in [0.717, 1.165) is 12.8 Å². The Morgan fingerprint density at radius 1 is 1.40 bits per heavy atom. The molecule has 0 fully saturated rings. The Bertz CT molecular complexity index is 229. The van der Waals surface area contributed by atoms with Gasteiger partial charge in [-0.05, 0) is 32.2 Å². The van der Waals surface area contributed by atoms with Gasteiger partial charge in [-0.25, -0.2) is 0 Å². The summed E-state index contributed by atoms with van der Waals surface area (Å²) < 4.78 is 0. The van der Waals surface area contributed by atoms with E-state index in [0.29, 0.717) is 25.8 Å². The molecule has 86 valence electrons. The Morgan fingerprint density at radius 3 is 2.40 bits per heavy atom. The van der Waals surface area contributed by atoms with Gasteiger partial charge in [0.15, 0.2) is 0 Å². The first kappa shape index (κ1) is 13.9. The molecular formula is C11H20N2O2. The lowest BCUT2D eigenvalue weighted by molar-refractivity contribution is -0.145. The zero-order valence-corrected chi connectivity index (χ0v) is 9.55. The summed E-state index contributed by atoms with van der Waals surface area (Å²) in [7, 11) is 0. The maximum atomic E-state index is 11.1. The molecule has 4 heteroatoms. The van der Waals surface area contributed by atoms with E-state index < -0.39 is 11.5 Å². The minimum atomic E-state index is -0.785. The summed E-state index contributed by atoms with van der Waals surface area (Å²) in [6.07, 6.45) is 3.38. The Kier molecular flexibility index (Phi) is 6.72. The highest BCUT2D eigenvalue weighted by Crippen LogP contribution is 2.15. The third-order valence-electron chi connectivity index (χ3n) is 2.80. The van der Waals surface area contributed by atoms with Gasteiger partial charge in [-0.1, -0.05) is 13.8 Å². The number of nitrogens with one attached hydrogen (secondary N) is 1. The number of nitriles is 1. The Morgan fingerprint density at radius 2 is 2.00 bits per heavy atom. The fraction of sp³-hybridized carbons (Fsp3) is 0.818. The van der Waals surface area contributed by atoms with Gasteiger partial charge in [-0.2, -0.15) is 5.26 Å². The van der Waals surface area contributed by atoms with Crippen molar-refractivity contribution in [2.75, 3.05) is 6.54 Å². The lowest BCUT2D eigenvalue weighted by atomic mass is 9.93. The molecule has 0 saturated heterocycles. The number of nitrogens with zero attached hydrogens (tertiary/aromatic N) is 1. The Labute approximate surface area is 91.3 Å². The van der Waals surface area contributed by atoms with E-state index in [1.807, 2.05) is 13.8 Å². The standard InChI is InChI=1S/C11H20N2O2/c1-3-11(4-2,10(14)15)13-9-7-5-6-8-12/h13H,3-7,9H2,1-2H3,(H,14,15). The Hall–Kier alpha value is -1.08. The lowest BCUT2D eigenvalue weighted by Crippen LogP contribution is -2.51. The number of rotatable bonds is 8. The largest absolute Gasteiger partial charge is 0.480 e. The summed E-state index contributed by atoms with van der Waals surface area (Å²) >= 11 is 0. The first-order valence-electron chi connectivity index (χ1n) is 5.48. The van der Waals surface area contributed by atoms with Crippen LogP contribution in [-0.2, 0) is 4.79 Å². The molecule has 0 bridgehead atoms. The maximum Gasteiger partial charge on any atom is 0.323 e. The molecule has 0 rings (SSSR count). The van der Waals surface area contributed by atoms with Crippen LogP contribution in [0.1, 0.15) is 46.0 Å². The molecule has 0 amide bonds. The molecule has 0 aliphatic rings. The number of aliphatic carboxylic acids is 1. The second kappa shape index (κ2) is 7.24. The van der Waals surface area contributed by atoms with Gasteiger partial charge in [0.25, 0.3) is 0 Å². The van der Waals surface area contributed by atoms with Crippen molar-refractivity contribution in [1.82, 2.24) is 5.32 Å². The van der Waals surface area contributed by atoms with Crippen LogP contribution in [0.25, 0.3) is 0 Å². The summed E-state index contributed by atoms with van der Waals surface area (Å²) in [5, 5.41) is 20.5. The van der Waals surface area contributed by atoms with Crippen LogP contribution in [0.4, 0.5) is 0 Å². The molecular weight excluding hydrogens is 192 g/mol. The molecule has 0 heterocycles. The minimum absolute atomic E-state index is 0.542. The predicted molar refractivity (Wildman–Crippen MR) is 58.4 cm³/mol. The Balaban J connectivity index is 3.98. The molecule has 0 aliphatic carbocycles. The zero-order valence-electron chi connectivity index (χ0n) is 9.55. The van der Waals surface area contributed by atoms with Crippen molar-refractivity contribution in [2.24, 2.45) is 0 Å². The van der Waals surface area contributed by atoms with Gasteiger partial charge in [-0.3, -0.25) is 4.79 Å². The van der Waals surface area contributed by atoms with Crippen molar-refractivity contribution in [3.8, 4) is 6.07 Å². The zero-order chi connectivity index (χ0) is 11.7. The maximum absolute atomic E-state index is 11.1. The third kappa shape index (κ3) is 4.30. The molecule has 0 radical (unpaired) electrons. The molecule has 15 heavy (non-hydrogen) atoms. The van der Waals surface area contributed by atoms with Crippen molar-refractivity contribution in [2.45, 2.75) is 51.5 Å². The normalized spacial score (nSPS) is 11.0. The van der Waals surface area contributed by atoms with E-state index in [4.69, 9.17) is 10.4 Å². The van der Waals surface area contributed by atoms with Crippen LogP contribution in [0.5, 0.6) is 0 Å². The van der Waals surface area contributed by atoms with E-state index in [1.165, 1.54) is 0 Å². The van der Waals surface area contributed by atoms with Crippen LogP contribution >= 0.6 is 0 Å². The van der Waals surface area contributed by atoms with Gasteiger partial charge in [0.2, 0.25) is 0 Å². The summed E-state index contributed by atoms with van der Waals surface area (Å²) in [5.74, 6) is -0.784. The van der Waals surface area contributed by atoms with Crippen molar-refractivity contribution >= 4 is 5.97 Å². The van der Waals surface area contributed by atoms with Crippen molar-refractivity contribution in [1.29, 1.82) is 5.26 Å².